The molecule has 1 fully saturated rings. The lowest BCUT2D eigenvalue weighted by atomic mass is 9.99. The number of furan rings is 1. The second-order valence-electron chi connectivity index (χ2n) is 5.93. The number of ether oxygens (including phenoxy) is 1. The highest BCUT2D eigenvalue weighted by atomic mass is 16.5. The van der Waals surface area contributed by atoms with E-state index in [1.54, 1.807) is 13.4 Å². The van der Waals surface area contributed by atoms with E-state index in [2.05, 4.69) is 15.2 Å². The smallest absolute Gasteiger partial charge is 0.258 e. The van der Waals surface area contributed by atoms with Crippen LogP contribution in [0.25, 0.3) is 0 Å². The first-order valence-corrected chi connectivity index (χ1v) is 7.87. The minimum atomic E-state index is -0.105. The maximum Gasteiger partial charge on any atom is 0.258 e. The van der Waals surface area contributed by atoms with Crippen LogP contribution in [0.15, 0.2) is 10.7 Å². The van der Waals surface area contributed by atoms with Crippen molar-refractivity contribution in [1.82, 2.24) is 20.1 Å². The quantitative estimate of drug-likeness (QED) is 0.936. The number of nitrogens with zero attached hydrogens (tertiary/aromatic N) is 3. The SMILES string of the molecule is COCc1nc([C@@H]2CCCCN2C(=O)c2c(C)coc2C)n[nH]1. The predicted molar refractivity (Wildman–Crippen MR) is 82.9 cm³/mol. The standard InChI is InChI=1S/C16H22N4O3/c1-10-8-23-11(2)14(10)16(21)20-7-5-4-6-12(20)15-17-13(9-22-3)18-19-15/h8,12H,4-7,9H2,1-3H3,(H,17,18,19)/t12-/m0/s1. The molecular weight excluding hydrogens is 296 g/mol. The number of piperidine rings is 1. The van der Waals surface area contributed by atoms with Crippen molar-refractivity contribution in [3.63, 3.8) is 0 Å². The van der Waals surface area contributed by atoms with E-state index in [1.807, 2.05) is 18.7 Å². The van der Waals surface area contributed by atoms with Gasteiger partial charge in [0, 0.05) is 19.2 Å². The lowest BCUT2D eigenvalue weighted by molar-refractivity contribution is 0.0597. The highest BCUT2D eigenvalue weighted by molar-refractivity contribution is 5.96. The second-order valence-corrected chi connectivity index (χ2v) is 5.93. The maximum atomic E-state index is 13.0. The van der Waals surface area contributed by atoms with Gasteiger partial charge in [-0.1, -0.05) is 0 Å². The number of rotatable bonds is 4. The van der Waals surface area contributed by atoms with Gasteiger partial charge in [-0.3, -0.25) is 9.89 Å². The van der Waals surface area contributed by atoms with Crippen LogP contribution in [0, 0.1) is 13.8 Å². The zero-order valence-electron chi connectivity index (χ0n) is 13.8. The summed E-state index contributed by atoms with van der Waals surface area (Å²) in [5.41, 5.74) is 1.52. The summed E-state index contributed by atoms with van der Waals surface area (Å²) >= 11 is 0. The van der Waals surface area contributed by atoms with Crippen LogP contribution in [0.5, 0.6) is 0 Å². The Morgan fingerprint density at radius 2 is 2.30 bits per heavy atom. The zero-order valence-corrected chi connectivity index (χ0v) is 13.8. The average molecular weight is 318 g/mol. The first-order valence-electron chi connectivity index (χ1n) is 7.87. The van der Waals surface area contributed by atoms with Gasteiger partial charge in [-0.25, -0.2) is 4.98 Å². The van der Waals surface area contributed by atoms with Gasteiger partial charge >= 0.3 is 0 Å². The molecule has 1 amide bonds. The Morgan fingerprint density at radius 1 is 1.48 bits per heavy atom. The molecule has 1 atom stereocenters. The van der Waals surface area contributed by atoms with E-state index in [9.17, 15) is 4.79 Å². The molecule has 1 aliphatic rings. The van der Waals surface area contributed by atoms with Gasteiger partial charge < -0.3 is 14.1 Å². The van der Waals surface area contributed by atoms with Crippen molar-refractivity contribution >= 4 is 5.91 Å². The third-order valence-corrected chi connectivity index (χ3v) is 4.26. The fraction of sp³-hybridized carbons (Fsp3) is 0.562. The Labute approximate surface area is 135 Å². The lowest BCUT2D eigenvalue weighted by Gasteiger charge is -2.34. The fourth-order valence-corrected chi connectivity index (χ4v) is 3.14. The van der Waals surface area contributed by atoms with E-state index in [0.717, 1.165) is 24.8 Å². The molecule has 0 unspecified atom stereocenters. The largest absolute Gasteiger partial charge is 0.469 e. The molecule has 0 aromatic carbocycles. The minimum Gasteiger partial charge on any atom is -0.469 e. The number of carbonyl (C=O) groups is 1. The van der Waals surface area contributed by atoms with Crippen LogP contribution < -0.4 is 0 Å². The van der Waals surface area contributed by atoms with Gasteiger partial charge in [0.05, 0.1) is 17.9 Å². The molecule has 3 rings (SSSR count). The molecule has 0 bridgehead atoms. The Hall–Kier alpha value is -2.15. The highest BCUT2D eigenvalue weighted by Crippen LogP contribution is 2.31. The Balaban J connectivity index is 1.87. The number of methoxy groups -OCH3 is 1. The molecule has 1 N–H and O–H groups in total. The fourth-order valence-electron chi connectivity index (χ4n) is 3.14. The van der Waals surface area contributed by atoms with Gasteiger partial charge in [-0.15, -0.1) is 0 Å². The summed E-state index contributed by atoms with van der Waals surface area (Å²) in [5.74, 6) is 1.99. The number of aromatic nitrogens is 3. The van der Waals surface area contributed by atoms with Crippen LogP contribution in [-0.4, -0.2) is 39.6 Å². The monoisotopic (exact) mass is 318 g/mol. The van der Waals surface area contributed by atoms with Crippen LogP contribution in [0.4, 0.5) is 0 Å². The molecular formula is C16H22N4O3. The van der Waals surface area contributed by atoms with Crippen LogP contribution in [0.1, 0.15) is 58.6 Å². The normalized spacial score (nSPS) is 18.4. The Bertz CT molecular complexity index is 672. The molecule has 2 aromatic heterocycles. The highest BCUT2D eigenvalue weighted by Gasteiger charge is 2.33. The second kappa shape index (κ2) is 6.54. The topological polar surface area (TPSA) is 84.2 Å². The van der Waals surface area contributed by atoms with Crippen LogP contribution >= 0.6 is 0 Å². The van der Waals surface area contributed by atoms with Crippen molar-refractivity contribution in [1.29, 1.82) is 0 Å². The van der Waals surface area contributed by atoms with Crippen molar-refractivity contribution in [3.05, 3.63) is 34.8 Å². The summed E-state index contributed by atoms with van der Waals surface area (Å²) in [7, 11) is 1.61. The molecule has 124 valence electrons. The number of H-pyrrole nitrogens is 1. The Morgan fingerprint density at radius 3 is 3.00 bits per heavy atom. The summed E-state index contributed by atoms with van der Waals surface area (Å²) in [5, 5.41) is 7.16. The van der Waals surface area contributed by atoms with Crippen molar-refractivity contribution < 1.29 is 13.9 Å². The van der Waals surface area contributed by atoms with Crippen molar-refractivity contribution in [2.24, 2.45) is 0 Å². The molecule has 7 nitrogen and oxygen atoms in total. The summed E-state index contributed by atoms with van der Waals surface area (Å²) in [6.45, 7) is 4.81. The van der Waals surface area contributed by atoms with E-state index in [4.69, 9.17) is 9.15 Å². The van der Waals surface area contributed by atoms with Crippen LogP contribution in [0.2, 0.25) is 0 Å². The summed E-state index contributed by atoms with van der Waals surface area (Å²) in [4.78, 5) is 19.3. The zero-order chi connectivity index (χ0) is 16.4. The molecule has 3 heterocycles. The van der Waals surface area contributed by atoms with Crippen molar-refractivity contribution in [3.8, 4) is 0 Å². The Kier molecular flexibility index (Phi) is 4.47. The number of amides is 1. The van der Waals surface area contributed by atoms with Crippen molar-refractivity contribution in [2.75, 3.05) is 13.7 Å². The molecule has 1 saturated heterocycles. The average Bonchev–Trinajstić information content (AvgIpc) is 3.14. The lowest BCUT2D eigenvalue weighted by Crippen LogP contribution is -2.39. The minimum absolute atomic E-state index is 0.00320. The molecule has 0 aliphatic carbocycles. The van der Waals surface area contributed by atoms with Gasteiger partial charge in [-0.2, -0.15) is 5.10 Å². The van der Waals surface area contributed by atoms with Crippen LogP contribution in [0.3, 0.4) is 0 Å². The molecule has 0 radical (unpaired) electrons. The molecule has 23 heavy (non-hydrogen) atoms. The van der Waals surface area contributed by atoms with Gasteiger partial charge in [0.15, 0.2) is 11.6 Å². The first kappa shape index (κ1) is 15.7. The van der Waals surface area contributed by atoms with Gasteiger partial charge in [0.25, 0.3) is 5.91 Å². The number of aromatic amines is 1. The maximum absolute atomic E-state index is 13.0. The third-order valence-electron chi connectivity index (χ3n) is 4.26. The van der Waals surface area contributed by atoms with Crippen molar-refractivity contribution in [2.45, 2.75) is 45.8 Å². The summed E-state index contributed by atoms with van der Waals surface area (Å²) in [6, 6.07) is -0.105. The molecule has 7 heteroatoms. The number of carbonyl (C=O) groups excluding carboxylic acids is 1. The number of hydrogen-bond acceptors (Lipinski definition) is 5. The summed E-state index contributed by atoms with van der Waals surface area (Å²) < 4.78 is 10.4. The first-order chi connectivity index (χ1) is 11.1. The molecule has 2 aromatic rings. The van der Waals surface area contributed by atoms with E-state index in [0.29, 0.717) is 36.1 Å². The van der Waals surface area contributed by atoms with E-state index < -0.39 is 0 Å². The molecule has 0 saturated carbocycles. The number of likely N-dealkylation sites (tertiary alicyclic amines) is 1. The predicted octanol–water partition coefficient (Wildman–Crippen LogP) is 2.53. The number of nitrogens with one attached hydrogen (secondary N) is 1. The summed E-state index contributed by atoms with van der Waals surface area (Å²) in [6.07, 6.45) is 4.55. The molecule has 0 spiro atoms. The number of hydrogen-bond donors (Lipinski definition) is 1. The molecule has 1 aliphatic heterocycles. The number of aryl methyl sites for hydroxylation is 2. The van der Waals surface area contributed by atoms with E-state index in [-0.39, 0.29) is 11.9 Å². The van der Waals surface area contributed by atoms with Crippen LogP contribution in [-0.2, 0) is 11.3 Å². The van der Waals surface area contributed by atoms with Gasteiger partial charge in [0.2, 0.25) is 0 Å². The third kappa shape index (κ3) is 3.01. The van der Waals surface area contributed by atoms with E-state index >= 15 is 0 Å². The van der Waals surface area contributed by atoms with Gasteiger partial charge in [0.1, 0.15) is 12.4 Å². The van der Waals surface area contributed by atoms with Gasteiger partial charge in [-0.05, 0) is 33.1 Å². The van der Waals surface area contributed by atoms with E-state index in [1.165, 1.54) is 0 Å².